The maximum Gasteiger partial charge on any atom is 0.261 e. The van der Waals surface area contributed by atoms with Crippen molar-refractivity contribution < 1.29 is 9.47 Å². The van der Waals surface area contributed by atoms with Crippen LogP contribution in [0.4, 0.5) is 0 Å². The van der Waals surface area contributed by atoms with Gasteiger partial charge in [0.2, 0.25) is 0 Å². The fourth-order valence-corrected chi connectivity index (χ4v) is 4.19. The van der Waals surface area contributed by atoms with E-state index >= 15 is 0 Å². The average molecular weight is 362 g/mol. The summed E-state index contributed by atoms with van der Waals surface area (Å²) >= 11 is 0. The molecule has 0 aliphatic carbocycles. The third-order valence-corrected chi connectivity index (χ3v) is 5.65. The van der Waals surface area contributed by atoms with E-state index in [1.165, 1.54) is 5.56 Å². The van der Waals surface area contributed by atoms with Crippen LogP contribution in [0.5, 0.6) is 0 Å². The van der Waals surface area contributed by atoms with Gasteiger partial charge in [-0.1, -0.05) is 35.9 Å². The van der Waals surface area contributed by atoms with Gasteiger partial charge in [0.15, 0.2) is 5.79 Å². The molecule has 0 bridgehead atoms. The second-order valence-corrected chi connectivity index (χ2v) is 7.44. The first kappa shape index (κ1) is 16.7. The van der Waals surface area contributed by atoms with Gasteiger partial charge in [-0.15, -0.1) is 0 Å². The van der Waals surface area contributed by atoms with Gasteiger partial charge in [0.1, 0.15) is 5.82 Å². The standard InChI is InChI=1S/C22H22N2O3/c1-15-3-2-4-16(13-15)17-5-6-18-19(14-17)23-20-7-8-22(26-11-12-27-22)9-10-24(20)21(18)25/h2-6,13-14H,7-12H2,1H3. The Balaban J connectivity index is 1.59. The molecular formula is C22H22N2O3. The lowest BCUT2D eigenvalue weighted by Crippen LogP contribution is -2.31. The number of hydrogen-bond donors (Lipinski definition) is 0. The van der Waals surface area contributed by atoms with Crippen LogP contribution < -0.4 is 5.56 Å². The fourth-order valence-electron chi connectivity index (χ4n) is 4.19. The Morgan fingerprint density at radius 1 is 1.04 bits per heavy atom. The first-order chi connectivity index (χ1) is 13.1. The van der Waals surface area contributed by atoms with Crippen LogP contribution in [-0.2, 0) is 22.4 Å². The molecule has 1 spiro atoms. The van der Waals surface area contributed by atoms with E-state index in [1.807, 2.05) is 18.2 Å². The fraction of sp³-hybridized carbons (Fsp3) is 0.364. The van der Waals surface area contributed by atoms with Crippen molar-refractivity contribution in [1.82, 2.24) is 9.55 Å². The second-order valence-electron chi connectivity index (χ2n) is 7.44. The SMILES string of the molecule is Cc1cccc(-c2ccc3c(=O)n4c(nc3c2)CCC2(CC4)OCCO2)c1. The topological polar surface area (TPSA) is 53.4 Å². The van der Waals surface area contributed by atoms with Crippen molar-refractivity contribution in [1.29, 1.82) is 0 Å². The summed E-state index contributed by atoms with van der Waals surface area (Å²) in [7, 11) is 0. The summed E-state index contributed by atoms with van der Waals surface area (Å²) in [6, 6.07) is 14.3. The highest BCUT2D eigenvalue weighted by molar-refractivity contribution is 5.83. The van der Waals surface area contributed by atoms with Crippen LogP contribution in [0.1, 0.15) is 24.2 Å². The van der Waals surface area contributed by atoms with Gasteiger partial charge in [0.25, 0.3) is 5.56 Å². The molecule has 5 heteroatoms. The van der Waals surface area contributed by atoms with Crippen molar-refractivity contribution in [2.24, 2.45) is 0 Å². The van der Waals surface area contributed by atoms with Gasteiger partial charge < -0.3 is 9.47 Å². The number of hydrogen-bond acceptors (Lipinski definition) is 4. The lowest BCUT2D eigenvalue weighted by atomic mass is 10.0. The van der Waals surface area contributed by atoms with Gasteiger partial charge in [-0.25, -0.2) is 4.98 Å². The van der Waals surface area contributed by atoms with Crippen molar-refractivity contribution in [3.63, 3.8) is 0 Å². The first-order valence-electron chi connectivity index (χ1n) is 9.52. The van der Waals surface area contributed by atoms with E-state index in [9.17, 15) is 4.79 Å². The third-order valence-electron chi connectivity index (χ3n) is 5.65. The molecule has 0 amide bonds. The third kappa shape index (κ3) is 2.87. The maximum atomic E-state index is 13.1. The minimum absolute atomic E-state index is 0.0286. The van der Waals surface area contributed by atoms with E-state index in [4.69, 9.17) is 14.5 Å². The van der Waals surface area contributed by atoms with Crippen molar-refractivity contribution in [2.45, 2.75) is 38.5 Å². The summed E-state index contributed by atoms with van der Waals surface area (Å²) in [5.41, 5.74) is 4.22. The van der Waals surface area contributed by atoms with Gasteiger partial charge in [-0.05, 0) is 30.2 Å². The molecule has 0 N–H and O–H groups in total. The molecule has 27 heavy (non-hydrogen) atoms. The molecule has 0 radical (unpaired) electrons. The molecular weight excluding hydrogens is 340 g/mol. The zero-order chi connectivity index (χ0) is 18.4. The lowest BCUT2D eigenvalue weighted by molar-refractivity contribution is -0.165. The van der Waals surface area contributed by atoms with E-state index in [-0.39, 0.29) is 5.56 Å². The lowest BCUT2D eigenvalue weighted by Gasteiger charge is -2.24. The smallest absolute Gasteiger partial charge is 0.261 e. The number of benzene rings is 2. The van der Waals surface area contributed by atoms with Crippen LogP contribution in [0.15, 0.2) is 47.3 Å². The molecule has 1 saturated heterocycles. The highest BCUT2D eigenvalue weighted by atomic mass is 16.7. The van der Waals surface area contributed by atoms with Gasteiger partial charge in [-0.2, -0.15) is 0 Å². The summed E-state index contributed by atoms with van der Waals surface area (Å²) in [6.45, 7) is 3.91. The highest BCUT2D eigenvalue weighted by Gasteiger charge is 2.38. The number of aryl methyl sites for hydroxylation is 2. The predicted molar refractivity (Wildman–Crippen MR) is 104 cm³/mol. The van der Waals surface area contributed by atoms with Crippen molar-refractivity contribution in [3.8, 4) is 11.1 Å². The van der Waals surface area contributed by atoms with Crippen LogP contribution in [-0.4, -0.2) is 28.6 Å². The monoisotopic (exact) mass is 362 g/mol. The van der Waals surface area contributed by atoms with Gasteiger partial charge >= 0.3 is 0 Å². The minimum atomic E-state index is -0.543. The number of rotatable bonds is 1. The molecule has 1 aromatic heterocycles. The predicted octanol–water partition coefficient (Wildman–Crippen LogP) is 3.45. The summed E-state index contributed by atoms with van der Waals surface area (Å²) < 4.78 is 13.5. The van der Waals surface area contributed by atoms with E-state index < -0.39 is 5.79 Å². The van der Waals surface area contributed by atoms with Crippen LogP contribution in [0.25, 0.3) is 22.0 Å². The summed E-state index contributed by atoms with van der Waals surface area (Å²) in [5, 5.41) is 0.666. The summed E-state index contributed by atoms with van der Waals surface area (Å²) in [4.78, 5) is 17.9. The highest BCUT2D eigenvalue weighted by Crippen LogP contribution is 2.32. The summed E-state index contributed by atoms with van der Waals surface area (Å²) in [5.74, 6) is 0.281. The van der Waals surface area contributed by atoms with Crippen molar-refractivity contribution >= 4 is 10.9 Å². The van der Waals surface area contributed by atoms with Crippen LogP contribution >= 0.6 is 0 Å². The average Bonchev–Trinajstić information content (AvgIpc) is 3.06. The Kier molecular flexibility index (Phi) is 3.88. The summed E-state index contributed by atoms with van der Waals surface area (Å²) in [6.07, 6.45) is 2.11. The van der Waals surface area contributed by atoms with E-state index in [0.717, 1.165) is 28.9 Å². The quantitative estimate of drug-likeness (QED) is 0.665. The molecule has 2 aromatic carbocycles. The molecule has 0 unspecified atom stereocenters. The molecule has 138 valence electrons. The molecule has 2 aliphatic heterocycles. The Morgan fingerprint density at radius 2 is 1.85 bits per heavy atom. The molecule has 0 atom stereocenters. The zero-order valence-corrected chi connectivity index (χ0v) is 15.4. The largest absolute Gasteiger partial charge is 0.347 e. The molecule has 2 aliphatic rings. The first-order valence-corrected chi connectivity index (χ1v) is 9.52. The number of fused-ring (bicyclic) bond motifs is 2. The maximum absolute atomic E-state index is 13.1. The molecule has 0 saturated carbocycles. The molecule has 3 heterocycles. The number of nitrogens with zero attached hydrogens (tertiary/aromatic N) is 2. The van der Waals surface area contributed by atoms with Crippen molar-refractivity contribution in [2.75, 3.05) is 13.2 Å². The van der Waals surface area contributed by atoms with Crippen LogP contribution in [0.2, 0.25) is 0 Å². The van der Waals surface area contributed by atoms with Crippen LogP contribution in [0.3, 0.4) is 0 Å². The van der Waals surface area contributed by atoms with E-state index in [2.05, 4.69) is 31.2 Å². The molecule has 3 aromatic rings. The minimum Gasteiger partial charge on any atom is -0.347 e. The van der Waals surface area contributed by atoms with E-state index in [0.29, 0.717) is 38.0 Å². The van der Waals surface area contributed by atoms with E-state index in [1.54, 1.807) is 4.57 Å². The number of ether oxygens (including phenoxy) is 2. The second kappa shape index (κ2) is 6.29. The Hall–Kier alpha value is -2.50. The van der Waals surface area contributed by atoms with Gasteiger partial charge in [0, 0.05) is 25.8 Å². The molecule has 5 rings (SSSR count). The molecule has 1 fully saturated rings. The van der Waals surface area contributed by atoms with Crippen molar-refractivity contribution in [3.05, 3.63) is 64.2 Å². The molecule has 5 nitrogen and oxygen atoms in total. The van der Waals surface area contributed by atoms with Crippen LogP contribution in [0, 0.1) is 6.92 Å². The van der Waals surface area contributed by atoms with Gasteiger partial charge in [-0.3, -0.25) is 9.36 Å². The Bertz CT molecular complexity index is 1080. The Morgan fingerprint density at radius 3 is 2.67 bits per heavy atom. The Labute approximate surface area is 157 Å². The normalized spacial score (nSPS) is 18.6. The number of aromatic nitrogens is 2. The zero-order valence-electron chi connectivity index (χ0n) is 15.4. The van der Waals surface area contributed by atoms with Gasteiger partial charge in [0.05, 0.1) is 24.1 Å².